The van der Waals surface area contributed by atoms with Crippen LogP contribution in [0.3, 0.4) is 0 Å². The van der Waals surface area contributed by atoms with Crippen LogP contribution in [0.4, 0.5) is 0 Å². The Morgan fingerprint density at radius 2 is 2.07 bits per heavy atom. The summed E-state index contributed by atoms with van der Waals surface area (Å²) in [5.74, 6) is -0.966. The molecule has 0 aromatic rings. The summed E-state index contributed by atoms with van der Waals surface area (Å²) in [6.45, 7) is 3.98. The molecule has 82 valence electrons. The van der Waals surface area contributed by atoms with Gasteiger partial charge in [0.25, 0.3) is 0 Å². The van der Waals surface area contributed by atoms with Gasteiger partial charge in [-0.25, -0.2) is 0 Å². The van der Waals surface area contributed by atoms with Crippen molar-refractivity contribution in [3.63, 3.8) is 0 Å². The minimum Gasteiger partial charge on any atom is -0.481 e. The van der Waals surface area contributed by atoms with Gasteiger partial charge in [0.05, 0.1) is 11.5 Å². The first-order valence-electron chi connectivity index (χ1n) is 4.97. The lowest BCUT2D eigenvalue weighted by Crippen LogP contribution is -2.52. The molecule has 0 aliphatic heterocycles. The summed E-state index contributed by atoms with van der Waals surface area (Å²) in [6, 6.07) is 0.0962. The summed E-state index contributed by atoms with van der Waals surface area (Å²) in [4.78, 5) is 12.7. The number of carboxylic acid groups (broad SMARTS) is 1. The number of nitrogens with zero attached hydrogens (tertiary/aromatic N) is 1. The Bertz CT molecular complexity index is 222. The zero-order valence-corrected chi connectivity index (χ0v) is 9.03. The Balaban J connectivity index is 2.46. The molecule has 1 aliphatic rings. The highest BCUT2D eigenvalue weighted by Crippen LogP contribution is 2.32. The van der Waals surface area contributed by atoms with Crippen molar-refractivity contribution in [1.82, 2.24) is 4.90 Å². The van der Waals surface area contributed by atoms with Crippen molar-refractivity contribution in [2.24, 2.45) is 5.92 Å². The molecule has 1 fully saturated rings. The van der Waals surface area contributed by atoms with Crippen molar-refractivity contribution >= 4 is 5.97 Å². The highest BCUT2D eigenvalue weighted by atomic mass is 16.4. The van der Waals surface area contributed by atoms with Gasteiger partial charge in [-0.1, -0.05) is 0 Å². The lowest BCUT2D eigenvalue weighted by atomic mass is 9.78. The maximum Gasteiger partial charge on any atom is 0.308 e. The smallest absolute Gasteiger partial charge is 0.308 e. The highest BCUT2D eigenvalue weighted by Gasteiger charge is 2.39. The largest absolute Gasteiger partial charge is 0.481 e. The molecule has 0 heterocycles. The molecule has 0 aromatic carbocycles. The zero-order valence-electron chi connectivity index (χ0n) is 9.03. The first-order valence-corrected chi connectivity index (χ1v) is 4.97. The van der Waals surface area contributed by atoms with Crippen molar-refractivity contribution in [2.45, 2.75) is 38.3 Å². The maximum atomic E-state index is 10.8. The van der Waals surface area contributed by atoms with Crippen LogP contribution in [-0.4, -0.2) is 46.3 Å². The first kappa shape index (κ1) is 11.5. The fraction of sp³-hybridized carbons (Fsp3) is 0.900. The molecular formula is C10H19NO3. The predicted octanol–water partition coefficient (Wildman–Crippen LogP) is 0.552. The van der Waals surface area contributed by atoms with Gasteiger partial charge in [-0.2, -0.15) is 0 Å². The number of carboxylic acids is 1. The molecule has 0 amide bonds. The van der Waals surface area contributed by atoms with Crippen LogP contribution in [0.1, 0.15) is 26.7 Å². The highest BCUT2D eigenvalue weighted by molar-refractivity contribution is 5.72. The van der Waals surface area contributed by atoms with E-state index in [1.807, 2.05) is 11.9 Å². The van der Waals surface area contributed by atoms with Gasteiger partial charge in [-0.15, -0.1) is 0 Å². The molecule has 2 unspecified atom stereocenters. The van der Waals surface area contributed by atoms with Crippen molar-refractivity contribution < 1.29 is 15.0 Å². The number of rotatable bonds is 4. The molecule has 4 nitrogen and oxygen atoms in total. The summed E-state index contributed by atoms with van der Waals surface area (Å²) in [6.07, 6.45) is 1.68. The van der Waals surface area contributed by atoms with E-state index in [0.717, 1.165) is 12.8 Å². The molecular weight excluding hydrogens is 182 g/mol. The van der Waals surface area contributed by atoms with E-state index in [1.54, 1.807) is 13.8 Å². The van der Waals surface area contributed by atoms with E-state index in [1.165, 1.54) is 0 Å². The lowest BCUT2D eigenvalue weighted by molar-refractivity contribution is -0.149. The fourth-order valence-electron chi connectivity index (χ4n) is 2.03. The molecule has 1 rings (SSSR count). The molecule has 0 spiro atoms. The third-order valence-corrected chi connectivity index (χ3v) is 2.76. The minimum absolute atomic E-state index is 0.0962. The molecule has 0 bridgehead atoms. The number of aliphatic hydroxyl groups is 1. The van der Waals surface area contributed by atoms with Crippen LogP contribution in [0.2, 0.25) is 0 Å². The minimum atomic E-state index is -0.757. The summed E-state index contributed by atoms with van der Waals surface area (Å²) < 4.78 is 0. The van der Waals surface area contributed by atoms with Crippen LogP contribution in [0.15, 0.2) is 0 Å². The van der Waals surface area contributed by atoms with Crippen molar-refractivity contribution in [1.29, 1.82) is 0 Å². The Kier molecular flexibility index (Phi) is 3.17. The summed E-state index contributed by atoms with van der Waals surface area (Å²) in [7, 11) is 1.87. The summed E-state index contributed by atoms with van der Waals surface area (Å²) in [5, 5.41) is 18.5. The van der Waals surface area contributed by atoms with Gasteiger partial charge in [-0.05, 0) is 33.7 Å². The topological polar surface area (TPSA) is 60.8 Å². The quantitative estimate of drug-likeness (QED) is 0.697. The normalized spacial score (nSPS) is 27.5. The van der Waals surface area contributed by atoms with Gasteiger partial charge in [-0.3, -0.25) is 9.69 Å². The molecule has 1 aliphatic carbocycles. The van der Waals surface area contributed by atoms with Crippen LogP contribution < -0.4 is 0 Å². The van der Waals surface area contributed by atoms with Crippen molar-refractivity contribution in [2.75, 3.05) is 13.6 Å². The number of hydrogen-bond donors (Lipinski definition) is 2. The monoisotopic (exact) mass is 201 g/mol. The zero-order chi connectivity index (χ0) is 10.9. The summed E-state index contributed by atoms with van der Waals surface area (Å²) in [5.41, 5.74) is -0.757. The Labute approximate surface area is 84.5 Å². The second-order valence-electron chi connectivity index (χ2n) is 4.82. The molecule has 0 radical (unpaired) electrons. The van der Waals surface area contributed by atoms with E-state index < -0.39 is 11.6 Å². The number of aliphatic carboxylic acids is 1. The first-order chi connectivity index (χ1) is 6.31. The van der Waals surface area contributed by atoms with Gasteiger partial charge < -0.3 is 10.2 Å². The fourth-order valence-corrected chi connectivity index (χ4v) is 2.03. The SMILES string of the molecule is CN(CC(C)(C)O)C1CCC1C(=O)O. The van der Waals surface area contributed by atoms with Gasteiger partial charge in [0, 0.05) is 12.6 Å². The molecule has 0 aromatic heterocycles. The van der Waals surface area contributed by atoms with Crippen LogP contribution in [0, 0.1) is 5.92 Å². The molecule has 1 saturated carbocycles. The second kappa shape index (κ2) is 3.87. The third-order valence-electron chi connectivity index (χ3n) is 2.76. The lowest BCUT2D eigenvalue weighted by Gasteiger charge is -2.42. The Morgan fingerprint density at radius 3 is 2.36 bits per heavy atom. The Morgan fingerprint density at radius 1 is 1.50 bits per heavy atom. The van der Waals surface area contributed by atoms with Crippen LogP contribution in [0.25, 0.3) is 0 Å². The standard InChI is InChI=1S/C10H19NO3/c1-10(2,14)6-11(3)8-5-4-7(8)9(12)13/h7-8,14H,4-6H2,1-3H3,(H,12,13). The van der Waals surface area contributed by atoms with Crippen LogP contribution >= 0.6 is 0 Å². The second-order valence-corrected chi connectivity index (χ2v) is 4.82. The third kappa shape index (κ3) is 2.69. The number of hydrogen-bond acceptors (Lipinski definition) is 3. The van der Waals surface area contributed by atoms with Gasteiger partial charge in [0.1, 0.15) is 0 Å². The molecule has 2 N–H and O–H groups in total. The van der Waals surface area contributed by atoms with E-state index in [9.17, 15) is 9.90 Å². The molecule has 2 atom stereocenters. The van der Waals surface area contributed by atoms with E-state index in [4.69, 9.17) is 5.11 Å². The molecule has 0 saturated heterocycles. The van der Waals surface area contributed by atoms with Crippen LogP contribution in [0.5, 0.6) is 0 Å². The van der Waals surface area contributed by atoms with Crippen molar-refractivity contribution in [3.05, 3.63) is 0 Å². The van der Waals surface area contributed by atoms with E-state index in [2.05, 4.69) is 0 Å². The van der Waals surface area contributed by atoms with Gasteiger partial charge >= 0.3 is 5.97 Å². The Hall–Kier alpha value is -0.610. The number of likely N-dealkylation sites (N-methyl/N-ethyl adjacent to an activating group) is 1. The average Bonchev–Trinajstić information content (AvgIpc) is 1.75. The van der Waals surface area contributed by atoms with E-state index >= 15 is 0 Å². The van der Waals surface area contributed by atoms with Gasteiger partial charge in [0.15, 0.2) is 0 Å². The van der Waals surface area contributed by atoms with E-state index in [-0.39, 0.29) is 12.0 Å². The summed E-state index contributed by atoms with van der Waals surface area (Å²) >= 11 is 0. The van der Waals surface area contributed by atoms with Gasteiger partial charge in [0.2, 0.25) is 0 Å². The van der Waals surface area contributed by atoms with Crippen molar-refractivity contribution in [3.8, 4) is 0 Å². The molecule has 4 heteroatoms. The van der Waals surface area contributed by atoms with E-state index in [0.29, 0.717) is 6.54 Å². The average molecular weight is 201 g/mol. The number of carbonyl (C=O) groups is 1. The molecule has 14 heavy (non-hydrogen) atoms. The predicted molar refractivity (Wildman–Crippen MR) is 53.1 cm³/mol. The maximum absolute atomic E-state index is 10.8. The van der Waals surface area contributed by atoms with Crippen LogP contribution in [-0.2, 0) is 4.79 Å².